The average molecular weight is 290 g/mol. The second-order valence-electron chi connectivity index (χ2n) is 4.86. The van der Waals surface area contributed by atoms with Crippen molar-refractivity contribution in [1.29, 1.82) is 0 Å². The van der Waals surface area contributed by atoms with Crippen LogP contribution in [0.25, 0.3) is 0 Å². The van der Waals surface area contributed by atoms with E-state index in [4.69, 9.17) is 9.47 Å². The van der Waals surface area contributed by atoms with E-state index < -0.39 is 5.97 Å². The highest BCUT2D eigenvalue weighted by Gasteiger charge is 2.26. The van der Waals surface area contributed by atoms with Crippen molar-refractivity contribution in [3.63, 3.8) is 0 Å². The van der Waals surface area contributed by atoms with Gasteiger partial charge in [-0.15, -0.1) is 0 Å². The molecule has 1 aliphatic rings. The third kappa shape index (κ3) is 3.07. The maximum atomic E-state index is 12.7. The van der Waals surface area contributed by atoms with Gasteiger partial charge in [0.15, 0.2) is 5.78 Å². The maximum Gasteiger partial charge on any atom is 0.331 e. The summed E-state index contributed by atoms with van der Waals surface area (Å²) >= 11 is 0. The number of Topliss-reactive ketones (excluding diaryl/α,β-unsaturated/α-hetero) is 1. The number of carboxylic acid groups (broad SMARTS) is 1. The predicted octanol–water partition coefficient (Wildman–Crippen LogP) is 2.84. The topological polar surface area (TPSA) is 72.8 Å². The molecule has 1 aromatic rings. The molecule has 5 heteroatoms. The summed E-state index contributed by atoms with van der Waals surface area (Å²) in [7, 11) is 2.99. The Balaban J connectivity index is 2.50. The van der Waals surface area contributed by atoms with Gasteiger partial charge in [0, 0.05) is 11.1 Å². The van der Waals surface area contributed by atoms with E-state index in [1.165, 1.54) is 14.2 Å². The Bertz CT molecular complexity index is 601. The van der Waals surface area contributed by atoms with Crippen LogP contribution in [0.2, 0.25) is 0 Å². The smallest absolute Gasteiger partial charge is 0.331 e. The lowest BCUT2D eigenvalue weighted by molar-refractivity contribution is -0.133. The number of carbonyl (C=O) groups is 2. The number of ether oxygens (including phenoxy) is 2. The van der Waals surface area contributed by atoms with Gasteiger partial charge in [-0.1, -0.05) is 0 Å². The Labute approximate surface area is 123 Å². The van der Waals surface area contributed by atoms with Crippen LogP contribution in [0.4, 0.5) is 0 Å². The minimum atomic E-state index is -1.01. The number of rotatable bonds is 5. The molecule has 0 atom stereocenters. The van der Waals surface area contributed by atoms with E-state index >= 15 is 0 Å². The van der Waals surface area contributed by atoms with Crippen molar-refractivity contribution in [2.24, 2.45) is 0 Å². The summed E-state index contributed by atoms with van der Waals surface area (Å²) in [6, 6.07) is 4.93. The molecule has 1 aromatic carbocycles. The van der Waals surface area contributed by atoms with Gasteiger partial charge in [0.2, 0.25) is 0 Å². The molecule has 0 aromatic heterocycles. The quantitative estimate of drug-likeness (QED) is 0.844. The number of carbonyl (C=O) groups excluding carboxylic acids is 1. The predicted molar refractivity (Wildman–Crippen MR) is 77.0 cm³/mol. The summed E-state index contributed by atoms with van der Waals surface area (Å²) in [5.74, 6) is -0.348. The fraction of sp³-hybridized carbons (Fsp3) is 0.375. The first-order valence-electron chi connectivity index (χ1n) is 6.80. The van der Waals surface area contributed by atoms with Crippen LogP contribution < -0.4 is 9.47 Å². The highest BCUT2D eigenvalue weighted by Crippen LogP contribution is 2.32. The maximum absolute atomic E-state index is 12.7. The first-order valence-corrected chi connectivity index (χ1v) is 6.80. The Morgan fingerprint density at radius 3 is 2.29 bits per heavy atom. The van der Waals surface area contributed by atoms with E-state index in [0.717, 1.165) is 12.8 Å². The minimum Gasteiger partial charge on any atom is -0.497 e. The highest BCUT2D eigenvalue weighted by molar-refractivity contribution is 6.14. The molecule has 112 valence electrons. The zero-order valence-electron chi connectivity index (χ0n) is 12.1. The summed E-state index contributed by atoms with van der Waals surface area (Å²) in [5.41, 5.74) is 0.934. The van der Waals surface area contributed by atoms with Gasteiger partial charge in [-0.3, -0.25) is 4.79 Å². The molecule has 0 unspecified atom stereocenters. The monoisotopic (exact) mass is 290 g/mol. The third-order valence-corrected chi connectivity index (χ3v) is 3.65. The lowest BCUT2D eigenvalue weighted by atomic mass is 9.87. The lowest BCUT2D eigenvalue weighted by Crippen LogP contribution is -2.16. The van der Waals surface area contributed by atoms with E-state index in [0.29, 0.717) is 35.5 Å². The Kier molecular flexibility index (Phi) is 4.62. The molecule has 1 aliphatic carbocycles. The van der Waals surface area contributed by atoms with Crippen LogP contribution in [0.15, 0.2) is 29.3 Å². The van der Waals surface area contributed by atoms with Gasteiger partial charge in [0.25, 0.3) is 0 Å². The summed E-state index contributed by atoms with van der Waals surface area (Å²) in [6.45, 7) is 0. The molecule has 0 spiro atoms. The van der Waals surface area contributed by atoms with Gasteiger partial charge in [-0.2, -0.15) is 0 Å². The first-order chi connectivity index (χ1) is 10.1. The molecular weight excluding hydrogens is 272 g/mol. The number of aliphatic carboxylic acids is 1. The fourth-order valence-corrected chi connectivity index (χ4v) is 2.55. The van der Waals surface area contributed by atoms with Gasteiger partial charge in [0.05, 0.1) is 19.8 Å². The molecule has 0 heterocycles. The zero-order valence-corrected chi connectivity index (χ0v) is 12.1. The van der Waals surface area contributed by atoms with Gasteiger partial charge >= 0.3 is 5.97 Å². The fourth-order valence-electron chi connectivity index (χ4n) is 2.55. The molecule has 0 amide bonds. The Morgan fingerprint density at radius 2 is 1.71 bits per heavy atom. The molecule has 0 bridgehead atoms. The van der Waals surface area contributed by atoms with Crippen LogP contribution in [-0.4, -0.2) is 31.1 Å². The normalized spacial score (nSPS) is 14.8. The molecule has 21 heavy (non-hydrogen) atoms. The molecule has 0 saturated carbocycles. The molecule has 0 saturated heterocycles. The summed E-state index contributed by atoms with van der Waals surface area (Å²) < 4.78 is 10.3. The summed E-state index contributed by atoms with van der Waals surface area (Å²) in [6.07, 6.45) is 2.54. The SMILES string of the molecule is COc1ccc(OC)c(C(=O)C2=C(C(=O)O)CCCC2)c1. The largest absolute Gasteiger partial charge is 0.497 e. The summed E-state index contributed by atoms with van der Waals surface area (Å²) in [4.78, 5) is 24.0. The Morgan fingerprint density at radius 1 is 1.05 bits per heavy atom. The van der Waals surface area contributed by atoms with Gasteiger partial charge < -0.3 is 14.6 Å². The number of methoxy groups -OCH3 is 2. The minimum absolute atomic E-state index is 0.219. The van der Waals surface area contributed by atoms with Crippen molar-refractivity contribution < 1.29 is 24.2 Å². The molecule has 2 rings (SSSR count). The molecular formula is C16H18O5. The number of ketones is 1. The molecule has 0 fully saturated rings. The lowest BCUT2D eigenvalue weighted by Gasteiger charge is -2.18. The number of allylic oxidation sites excluding steroid dienone is 1. The first kappa shape index (κ1) is 15.1. The van der Waals surface area contributed by atoms with Crippen LogP contribution in [0, 0.1) is 0 Å². The second-order valence-corrected chi connectivity index (χ2v) is 4.86. The average Bonchev–Trinajstić information content (AvgIpc) is 2.53. The molecule has 0 radical (unpaired) electrons. The van der Waals surface area contributed by atoms with Gasteiger partial charge in [-0.05, 0) is 43.9 Å². The number of hydrogen-bond acceptors (Lipinski definition) is 4. The standard InChI is InChI=1S/C16H18O5/c1-20-10-7-8-14(21-2)13(9-10)15(17)11-5-3-4-6-12(11)16(18)19/h7-9H,3-6H2,1-2H3,(H,18,19). The van der Waals surface area contributed by atoms with E-state index in [1.54, 1.807) is 18.2 Å². The zero-order chi connectivity index (χ0) is 15.4. The van der Waals surface area contributed by atoms with Gasteiger partial charge in [-0.25, -0.2) is 4.79 Å². The van der Waals surface area contributed by atoms with E-state index in [2.05, 4.69) is 0 Å². The molecule has 1 N–H and O–H groups in total. The third-order valence-electron chi connectivity index (χ3n) is 3.65. The van der Waals surface area contributed by atoms with Crippen LogP contribution >= 0.6 is 0 Å². The van der Waals surface area contributed by atoms with Crippen molar-refractivity contribution in [3.05, 3.63) is 34.9 Å². The highest BCUT2D eigenvalue weighted by atomic mass is 16.5. The number of hydrogen-bond donors (Lipinski definition) is 1. The Hall–Kier alpha value is -2.30. The number of carboxylic acids is 1. The van der Waals surface area contributed by atoms with E-state index in [-0.39, 0.29) is 11.4 Å². The van der Waals surface area contributed by atoms with Crippen molar-refractivity contribution in [2.45, 2.75) is 25.7 Å². The van der Waals surface area contributed by atoms with E-state index in [1.807, 2.05) is 0 Å². The molecule has 5 nitrogen and oxygen atoms in total. The van der Waals surface area contributed by atoms with Crippen LogP contribution in [0.3, 0.4) is 0 Å². The van der Waals surface area contributed by atoms with Crippen molar-refractivity contribution in [2.75, 3.05) is 14.2 Å². The van der Waals surface area contributed by atoms with Crippen molar-refractivity contribution in [3.8, 4) is 11.5 Å². The van der Waals surface area contributed by atoms with Crippen LogP contribution in [0.5, 0.6) is 11.5 Å². The van der Waals surface area contributed by atoms with Crippen molar-refractivity contribution in [1.82, 2.24) is 0 Å². The van der Waals surface area contributed by atoms with Crippen molar-refractivity contribution >= 4 is 11.8 Å². The second kappa shape index (κ2) is 6.43. The van der Waals surface area contributed by atoms with Crippen LogP contribution in [-0.2, 0) is 4.79 Å². The number of benzene rings is 1. The summed E-state index contributed by atoms with van der Waals surface area (Å²) in [5, 5.41) is 9.27. The molecule has 0 aliphatic heterocycles. The van der Waals surface area contributed by atoms with Gasteiger partial charge in [0.1, 0.15) is 11.5 Å². The van der Waals surface area contributed by atoms with Crippen LogP contribution in [0.1, 0.15) is 36.0 Å². The van der Waals surface area contributed by atoms with E-state index in [9.17, 15) is 14.7 Å².